The smallest absolute Gasteiger partial charge is 0.250 e. The Bertz CT molecular complexity index is 712. The number of nitrogens with one attached hydrogen (secondary N) is 2. The number of rotatable bonds is 5. The van der Waals surface area contributed by atoms with Crippen LogP contribution >= 0.6 is 11.6 Å². The predicted octanol–water partition coefficient (Wildman–Crippen LogP) is 3.43. The first kappa shape index (κ1) is 17.0. The quantitative estimate of drug-likeness (QED) is 0.779. The van der Waals surface area contributed by atoms with Gasteiger partial charge in [-0.05, 0) is 17.5 Å². The Balaban J connectivity index is 2.25. The van der Waals surface area contributed by atoms with Crippen molar-refractivity contribution in [2.75, 3.05) is 17.2 Å². The highest BCUT2D eigenvalue weighted by Gasteiger charge is 2.13. The van der Waals surface area contributed by atoms with E-state index in [2.05, 4.69) is 41.4 Å². The fraction of sp³-hybridized carbons (Fsp3) is 0.312. The predicted molar refractivity (Wildman–Crippen MR) is 93.2 cm³/mol. The van der Waals surface area contributed by atoms with Crippen molar-refractivity contribution in [1.82, 2.24) is 9.97 Å². The summed E-state index contributed by atoms with van der Waals surface area (Å²) in [5.41, 5.74) is 6.38. The largest absolute Gasteiger partial charge is 0.366 e. The summed E-state index contributed by atoms with van der Waals surface area (Å²) in [4.78, 5) is 20.0. The van der Waals surface area contributed by atoms with Crippen LogP contribution in [-0.2, 0) is 0 Å². The zero-order valence-electron chi connectivity index (χ0n) is 13.4. The van der Waals surface area contributed by atoms with Gasteiger partial charge in [0.05, 0.1) is 17.4 Å². The number of hydrogen-bond acceptors (Lipinski definition) is 5. The molecule has 1 aromatic carbocycles. The molecule has 0 saturated carbocycles. The third-order valence-electron chi connectivity index (χ3n) is 2.97. The van der Waals surface area contributed by atoms with Gasteiger partial charge in [0.2, 0.25) is 5.95 Å². The fourth-order valence-corrected chi connectivity index (χ4v) is 1.96. The van der Waals surface area contributed by atoms with E-state index in [1.165, 1.54) is 6.20 Å². The number of carbonyl (C=O) groups is 1. The Morgan fingerprint density at radius 1 is 1.30 bits per heavy atom. The lowest BCUT2D eigenvalue weighted by molar-refractivity contribution is 0.100. The van der Waals surface area contributed by atoms with Crippen LogP contribution in [-0.4, -0.2) is 22.4 Å². The second-order valence-corrected chi connectivity index (χ2v) is 6.75. The van der Waals surface area contributed by atoms with E-state index in [4.69, 9.17) is 17.3 Å². The third kappa shape index (κ3) is 4.82. The number of benzene rings is 1. The SMILES string of the molecule is CC(C)(C)CNc1ncc(Cl)c(Nc2ccccc2C(N)=O)n1. The summed E-state index contributed by atoms with van der Waals surface area (Å²) >= 11 is 6.14. The molecule has 7 heteroatoms. The topological polar surface area (TPSA) is 92.9 Å². The van der Waals surface area contributed by atoms with Crippen LogP contribution in [0, 0.1) is 5.41 Å². The van der Waals surface area contributed by atoms with Crippen LogP contribution in [0.1, 0.15) is 31.1 Å². The molecular weight excluding hydrogens is 314 g/mol. The number of nitrogens with two attached hydrogens (primary N) is 1. The van der Waals surface area contributed by atoms with E-state index in [9.17, 15) is 4.79 Å². The molecule has 0 radical (unpaired) electrons. The maximum atomic E-state index is 11.5. The zero-order valence-corrected chi connectivity index (χ0v) is 14.1. The molecule has 2 rings (SSSR count). The van der Waals surface area contributed by atoms with E-state index in [-0.39, 0.29) is 5.41 Å². The second-order valence-electron chi connectivity index (χ2n) is 6.34. The zero-order chi connectivity index (χ0) is 17.0. The van der Waals surface area contributed by atoms with Crippen molar-refractivity contribution in [2.24, 2.45) is 11.1 Å². The molecule has 0 spiro atoms. The van der Waals surface area contributed by atoms with Gasteiger partial charge in [-0.1, -0.05) is 44.5 Å². The highest BCUT2D eigenvalue weighted by Crippen LogP contribution is 2.26. The number of anilines is 3. The first-order valence-electron chi connectivity index (χ1n) is 7.18. The Hall–Kier alpha value is -2.34. The minimum Gasteiger partial charge on any atom is -0.366 e. The third-order valence-corrected chi connectivity index (χ3v) is 3.24. The van der Waals surface area contributed by atoms with Crippen LogP contribution in [0.25, 0.3) is 0 Å². The summed E-state index contributed by atoms with van der Waals surface area (Å²) in [5.74, 6) is 0.347. The Morgan fingerprint density at radius 2 is 2.00 bits per heavy atom. The molecule has 2 aromatic rings. The first-order valence-corrected chi connectivity index (χ1v) is 7.56. The minimum atomic E-state index is -0.524. The molecule has 0 atom stereocenters. The van der Waals surface area contributed by atoms with Crippen LogP contribution in [0.5, 0.6) is 0 Å². The van der Waals surface area contributed by atoms with E-state index >= 15 is 0 Å². The summed E-state index contributed by atoms with van der Waals surface area (Å²) in [6, 6.07) is 6.91. The summed E-state index contributed by atoms with van der Waals surface area (Å²) in [5, 5.41) is 6.55. The molecule has 0 aliphatic rings. The highest BCUT2D eigenvalue weighted by atomic mass is 35.5. The number of halogens is 1. The molecule has 23 heavy (non-hydrogen) atoms. The van der Waals surface area contributed by atoms with Gasteiger partial charge in [0.25, 0.3) is 5.91 Å². The molecule has 6 nitrogen and oxygen atoms in total. The van der Waals surface area contributed by atoms with Crippen molar-refractivity contribution >= 4 is 35.0 Å². The Morgan fingerprint density at radius 3 is 2.65 bits per heavy atom. The molecule has 4 N–H and O–H groups in total. The number of amides is 1. The lowest BCUT2D eigenvalue weighted by atomic mass is 9.97. The van der Waals surface area contributed by atoms with Gasteiger partial charge in [0, 0.05) is 6.54 Å². The van der Waals surface area contributed by atoms with Crippen molar-refractivity contribution in [2.45, 2.75) is 20.8 Å². The van der Waals surface area contributed by atoms with Crippen LogP contribution in [0.15, 0.2) is 30.5 Å². The van der Waals surface area contributed by atoms with E-state index in [1.807, 2.05) is 0 Å². The van der Waals surface area contributed by atoms with E-state index in [0.717, 1.165) is 0 Å². The first-order chi connectivity index (χ1) is 10.8. The van der Waals surface area contributed by atoms with Crippen molar-refractivity contribution in [1.29, 1.82) is 0 Å². The lowest BCUT2D eigenvalue weighted by Crippen LogP contribution is -2.20. The molecule has 0 saturated heterocycles. The number of para-hydroxylation sites is 1. The Kier molecular flexibility index (Phi) is 5.05. The average Bonchev–Trinajstić information content (AvgIpc) is 2.47. The maximum Gasteiger partial charge on any atom is 0.250 e. The second kappa shape index (κ2) is 6.83. The van der Waals surface area contributed by atoms with Gasteiger partial charge in [0.1, 0.15) is 5.02 Å². The van der Waals surface area contributed by atoms with Gasteiger partial charge in [-0.2, -0.15) is 4.98 Å². The van der Waals surface area contributed by atoms with Crippen LogP contribution in [0.4, 0.5) is 17.5 Å². The number of nitrogens with zero attached hydrogens (tertiary/aromatic N) is 2. The molecule has 0 aliphatic carbocycles. The molecule has 0 unspecified atom stereocenters. The molecule has 122 valence electrons. The molecule has 0 fully saturated rings. The molecule has 1 heterocycles. The number of carbonyl (C=O) groups excluding carboxylic acids is 1. The van der Waals surface area contributed by atoms with Crippen molar-refractivity contribution in [3.63, 3.8) is 0 Å². The van der Waals surface area contributed by atoms with Gasteiger partial charge in [0.15, 0.2) is 5.82 Å². The fourth-order valence-electron chi connectivity index (χ4n) is 1.82. The molecule has 1 aromatic heterocycles. The molecule has 1 amide bonds. The monoisotopic (exact) mass is 333 g/mol. The molecule has 0 bridgehead atoms. The van der Waals surface area contributed by atoms with Crippen molar-refractivity contribution in [3.05, 3.63) is 41.0 Å². The summed E-state index contributed by atoms with van der Waals surface area (Å²) in [6.45, 7) is 7.04. The van der Waals surface area contributed by atoms with E-state index in [0.29, 0.717) is 34.6 Å². The standard InChI is InChI=1S/C16H20ClN5O/c1-16(2,3)9-20-15-19-8-11(17)14(22-15)21-12-7-5-4-6-10(12)13(18)23/h4-8H,9H2,1-3H3,(H2,18,23)(H2,19,20,21,22). The van der Waals surface area contributed by atoms with Crippen LogP contribution in [0.2, 0.25) is 5.02 Å². The van der Waals surface area contributed by atoms with Crippen molar-refractivity contribution in [3.8, 4) is 0 Å². The minimum absolute atomic E-state index is 0.0924. The summed E-state index contributed by atoms with van der Waals surface area (Å²) in [6.07, 6.45) is 1.51. The highest BCUT2D eigenvalue weighted by molar-refractivity contribution is 6.33. The van der Waals surface area contributed by atoms with Crippen molar-refractivity contribution < 1.29 is 4.79 Å². The van der Waals surface area contributed by atoms with Gasteiger partial charge in [-0.15, -0.1) is 0 Å². The van der Waals surface area contributed by atoms with Gasteiger partial charge in [-0.3, -0.25) is 4.79 Å². The summed E-state index contributed by atoms with van der Waals surface area (Å²) < 4.78 is 0. The van der Waals surface area contributed by atoms with Gasteiger partial charge in [-0.25, -0.2) is 4.98 Å². The maximum absolute atomic E-state index is 11.5. The average molecular weight is 334 g/mol. The molecule has 0 aliphatic heterocycles. The molecular formula is C16H20ClN5O. The number of aromatic nitrogens is 2. The van der Waals surface area contributed by atoms with Gasteiger partial charge < -0.3 is 16.4 Å². The number of hydrogen-bond donors (Lipinski definition) is 3. The van der Waals surface area contributed by atoms with Crippen LogP contribution < -0.4 is 16.4 Å². The number of primary amides is 1. The van der Waals surface area contributed by atoms with E-state index in [1.54, 1.807) is 24.3 Å². The Labute approximate surface area is 140 Å². The normalized spacial score (nSPS) is 11.1. The van der Waals surface area contributed by atoms with Crippen LogP contribution in [0.3, 0.4) is 0 Å². The summed E-state index contributed by atoms with van der Waals surface area (Å²) in [7, 11) is 0. The van der Waals surface area contributed by atoms with E-state index < -0.39 is 5.91 Å². The van der Waals surface area contributed by atoms with Gasteiger partial charge >= 0.3 is 0 Å². The lowest BCUT2D eigenvalue weighted by Gasteiger charge is -2.19.